The number of hydrogen-bond donors (Lipinski definition) is 3. The number of para-hydroxylation sites is 1. The summed E-state index contributed by atoms with van der Waals surface area (Å²) in [5, 5.41) is 3.11. The number of carbonyl (C=O) groups excluding carboxylic acids is 2. The molecule has 1 aliphatic rings. The van der Waals surface area contributed by atoms with E-state index in [1.54, 1.807) is 0 Å². The molecule has 4 N–H and O–H groups in total. The summed E-state index contributed by atoms with van der Waals surface area (Å²) in [6.07, 6.45) is 2.58. The number of benzene rings is 1. The van der Waals surface area contributed by atoms with E-state index in [4.69, 9.17) is 5.73 Å². The summed E-state index contributed by atoms with van der Waals surface area (Å²) in [4.78, 5) is 25.2. The van der Waals surface area contributed by atoms with Gasteiger partial charge < -0.3 is 16.0 Å². The highest BCUT2D eigenvalue weighted by Gasteiger charge is 2.32. The second-order valence-electron chi connectivity index (χ2n) is 6.94. The predicted octanol–water partition coefficient (Wildman–Crippen LogP) is 1.31. The molecule has 0 bridgehead atoms. The van der Waals surface area contributed by atoms with E-state index in [2.05, 4.69) is 25.2 Å². The van der Waals surface area contributed by atoms with E-state index in [1.165, 1.54) is 10.5 Å². The standard InChI is InChI=1S/C19H29N3O2/c1-4-13(2)16-7-5-6-8-17(16)21-19(24)14(3)22-11-9-15(10-12-22)18(20)23/h5-8,13-15H,4,9-12H2,1-3H3,(H2,20,23)(H,21,24)/p+1/t13-,14+/m0/s1. The molecule has 1 aromatic rings. The fourth-order valence-corrected chi connectivity index (χ4v) is 3.39. The Kier molecular flexibility index (Phi) is 6.37. The van der Waals surface area contributed by atoms with Gasteiger partial charge in [0.05, 0.1) is 13.1 Å². The van der Waals surface area contributed by atoms with Crippen LogP contribution in [0.15, 0.2) is 24.3 Å². The average molecular weight is 332 g/mol. The smallest absolute Gasteiger partial charge is 0.282 e. The van der Waals surface area contributed by atoms with Crippen LogP contribution >= 0.6 is 0 Å². The Hall–Kier alpha value is -1.88. The van der Waals surface area contributed by atoms with Crippen molar-refractivity contribution in [2.75, 3.05) is 18.4 Å². The molecule has 132 valence electrons. The lowest BCUT2D eigenvalue weighted by atomic mass is 9.95. The molecule has 1 heterocycles. The topological polar surface area (TPSA) is 76.6 Å². The number of primary amides is 1. The number of amides is 2. The van der Waals surface area contributed by atoms with Gasteiger partial charge in [-0.3, -0.25) is 9.59 Å². The first-order chi connectivity index (χ1) is 11.4. The van der Waals surface area contributed by atoms with Gasteiger partial charge in [-0.05, 0) is 30.9 Å². The monoisotopic (exact) mass is 332 g/mol. The fourth-order valence-electron chi connectivity index (χ4n) is 3.39. The average Bonchev–Trinajstić information content (AvgIpc) is 2.60. The van der Waals surface area contributed by atoms with E-state index in [-0.39, 0.29) is 23.8 Å². The minimum atomic E-state index is -0.214. The minimum Gasteiger partial charge on any atom is -0.369 e. The van der Waals surface area contributed by atoms with Crippen LogP contribution in [0.1, 0.15) is 51.5 Å². The summed E-state index contributed by atoms with van der Waals surface area (Å²) in [5.74, 6) is 0.206. The zero-order chi connectivity index (χ0) is 17.7. The van der Waals surface area contributed by atoms with Crippen molar-refractivity contribution < 1.29 is 14.5 Å². The second kappa shape index (κ2) is 8.29. The van der Waals surface area contributed by atoms with Crippen LogP contribution in [0.4, 0.5) is 5.69 Å². The van der Waals surface area contributed by atoms with Crippen molar-refractivity contribution in [1.82, 2.24) is 0 Å². The van der Waals surface area contributed by atoms with E-state index in [9.17, 15) is 9.59 Å². The minimum absolute atomic E-state index is 0.0323. The zero-order valence-electron chi connectivity index (χ0n) is 15.0. The number of likely N-dealkylation sites (tertiary alicyclic amines) is 1. The maximum Gasteiger partial charge on any atom is 0.282 e. The van der Waals surface area contributed by atoms with E-state index >= 15 is 0 Å². The van der Waals surface area contributed by atoms with Crippen LogP contribution in [0, 0.1) is 5.92 Å². The van der Waals surface area contributed by atoms with Gasteiger partial charge in [0.2, 0.25) is 5.91 Å². The van der Waals surface area contributed by atoms with Gasteiger partial charge in [-0.25, -0.2) is 0 Å². The van der Waals surface area contributed by atoms with Crippen LogP contribution in [0.2, 0.25) is 0 Å². The molecule has 2 amide bonds. The molecule has 0 unspecified atom stereocenters. The molecule has 0 radical (unpaired) electrons. The highest BCUT2D eigenvalue weighted by molar-refractivity contribution is 5.94. The Bertz CT molecular complexity index is 580. The quantitative estimate of drug-likeness (QED) is 0.734. The largest absolute Gasteiger partial charge is 0.369 e. The molecule has 24 heavy (non-hydrogen) atoms. The Morgan fingerprint density at radius 2 is 1.88 bits per heavy atom. The molecule has 1 aliphatic heterocycles. The summed E-state index contributed by atoms with van der Waals surface area (Å²) < 4.78 is 0. The van der Waals surface area contributed by atoms with Crippen LogP contribution in [0.5, 0.6) is 0 Å². The summed E-state index contributed by atoms with van der Waals surface area (Å²) in [7, 11) is 0. The van der Waals surface area contributed by atoms with Gasteiger partial charge in [0.15, 0.2) is 6.04 Å². The predicted molar refractivity (Wildman–Crippen MR) is 95.9 cm³/mol. The van der Waals surface area contributed by atoms with E-state index in [0.717, 1.165) is 38.0 Å². The lowest BCUT2D eigenvalue weighted by Gasteiger charge is -2.31. The molecule has 0 aliphatic carbocycles. The summed E-state index contributed by atoms with van der Waals surface area (Å²) in [6, 6.07) is 7.89. The van der Waals surface area contributed by atoms with Gasteiger partial charge in [-0.2, -0.15) is 0 Å². The van der Waals surface area contributed by atoms with Crippen molar-refractivity contribution in [2.24, 2.45) is 11.7 Å². The highest BCUT2D eigenvalue weighted by Crippen LogP contribution is 2.26. The first-order valence-corrected chi connectivity index (χ1v) is 8.97. The number of piperidine rings is 1. The molecular formula is C19H30N3O2+. The molecule has 0 saturated carbocycles. The molecule has 2 atom stereocenters. The number of anilines is 1. The number of nitrogens with two attached hydrogens (primary N) is 1. The summed E-state index contributed by atoms with van der Waals surface area (Å²) in [6.45, 7) is 7.92. The number of nitrogens with one attached hydrogen (secondary N) is 2. The van der Waals surface area contributed by atoms with Crippen molar-refractivity contribution in [1.29, 1.82) is 0 Å². The van der Waals surface area contributed by atoms with Crippen LogP contribution in [-0.4, -0.2) is 30.9 Å². The number of rotatable bonds is 6. The van der Waals surface area contributed by atoms with Crippen molar-refractivity contribution in [2.45, 2.75) is 52.0 Å². The number of quaternary nitrogens is 1. The van der Waals surface area contributed by atoms with Gasteiger partial charge in [0, 0.05) is 24.4 Å². The molecule has 5 heteroatoms. The van der Waals surface area contributed by atoms with Crippen LogP contribution in [-0.2, 0) is 9.59 Å². The third-order valence-electron chi connectivity index (χ3n) is 5.40. The lowest BCUT2D eigenvalue weighted by Crippen LogP contribution is -3.17. The maximum atomic E-state index is 12.7. The number of hydrogen-bond acceptors (Lipinski definition) is 2. The molecule has 5 nitrogen and oxygen atoms in total. The molecule has 1 fully saturated rings. The summed E-state index contributed by atoms with van der Waals surface area (Å²) in [5.41, 5.74) is 7.48. The fraction of sp³-hybridized carbons (Fsp3) is 0.579. The Morgan fingerprint density at radius 1 is 1.25 bits per heavy atom. The first kappa shape index (κ1) is 18.5. The van der Waals surface area contributed by atoms with Gasteiger partial charge >= 0.3 is 0 Å². The second-order valence-corrected chi connectivity index (χ2v) is 6.94. The third kappa shape index (κ3) is 4.35. The number of carbonyl (C=O) groups is 2. The summed E-state index contributed by atoms with van der Waals surface area (Å²) >= 11 is 0. The van der Waals surface area contributed by atoms with Crippen LogP contribution in [0.3, 0.4) is 0 Å². The van der Waals surface area contributed by atoms with Crippen molar-refractivity contribution in [3.8, 4) is 0 Å². The molecule has 1 saturated heterocycles. The third-order valence-corrected chi connectivity index (χ3v) is 5.40. The molecule has 0 spiro atoms. The molecule has 1 aromatic carbocycles. The molecular weight excluding hydrogens is 302 g/mol. The van der Waals surface area contributed by atoms with Crippen LogP contribution < -0.4 is 16.0 Å². The molecule has 2 rings (SSSR count). The van der Waals surface area contributed by atoms with E-state index < -0.39 is 0 Å². The first-order valence-electron chi connectivity index (χ1n) is 8.97. The van der Waals surface area contributed by atoms with Crippen molar-refractivity contribution in [3.05, 3.63) is 29.8 Å². The lowest BCUT2D eigenvalue weighted by molar-refractivity contribution is -0.919. The SMILES string of the molecule is CC[C@H](C)c1ccccc1NC(=O)[C@@H](C)[NH+]1CCC(C(N)=O)CC1. The van der Waals surface area contributed by atoms with E-state index in [1.807, 2.05) is 25.1 Å². The highest BCUT2D eigenvalue weighted by atomic mass is 16.2. The normalized spacial score (nSPS) is 23.3. The zero-order valence-corrected chi connectivity index (χ0v) is 15.0. The van der Waals surface area contributed by atoms with Crippen molar-refractivity contribution in [3.63, 3.8) is 0 Å². The van der Waals surface area contributed by atoms with E-state index in [0.29, 0.717) is 5.92 Å². The molecule has 0 aromatic heterocycles. The van der Waals surface area contributed by atoms with Gasteiger partial charge in [0.1, 0.15) is 0 Å². The Labute approximate surface area is 144 Å². The Balaban J connectivity index is 1.99. The van der Waals surface area contributed by atoms with Gasteiger partial charge in [-0.15, -0.1) is 0 Å². The Morgan fingerprint density at radius 3 is 2.46 bits per heavy atom. The van der Waals surface area contributed by atoms with Gasteiger partial charge in [-0.1, -0.05) is 32.0 Å². The van der Waals surface area contributed by atoms with Crippen molar-refractivity contribution >= 4 is 17.5 Å². The maximum absolute atomic E-state index is 12.7. The van der Waals surface area contributed by atoms with Crippen LogP contribution in [0.25, 0.3) is 0 Å². The van der Waals surface area contributed by atoms with Gasteiger partial charge in [0.25, 0.3) is 5.91 Å².